The first kappa shape index (κ1) is 16.5. The van der Waals surface area contributed by atoms with Gasteiger partial charge in [0, 0.05) is 5.56 Å². The molecule has 0 aliphatic rings. The predicted molar refractivity (Wildman–Crippen MR) is 85.3 cm³/mol. The van der Waals surface area contributed by atoms with E-state index in [2.05, 4.69) is 15.3 Å². The quantitative estimate of drug-likeness (QED) is 0.845. The van der Waals surface area contributed by atoms with E-state index < -0.39 is 0 Å². The third-order valence-electron chi connectivity index (χ3n) is 2.87. The molecule has 0 fully saturated rings. The van der Waals surface area contributed by atoms with Crippen molar-refractivity contribution in [3.05, 3.63) is 36.0 Å². The highest BCUT2D eigenvalue weighted by molar-refractivity contribution is 6.05. The predicted octanol–water partition coefficient (Wildman–Crippen LogP) is 2.53. The lowest BCUT2D eigenvalue weighted by Gasteiger charge is -2.11. The fourth-order valence-corrected chi connectivity index (χ4v) is 1.84. The van der Waals surface area contributed by atoms with Gasteiger partial charge in [0.15, 0.2) is 0 Å². The summed E-state index contributed by atoms with van der Waals surface area (Å²) in [5.41, 5.74) is 0.837. The number of nitrogens with one attached hydrogen (secondary N) is 1. The first-order chi connectivity index (χ1) is 11.2. The highest BCUT2D eigenvalue weighted by atomic mass is 16.5. The van der Waals surface area contributed by atoms with Gasteiger partial charge in [0.05, 0.1) is 26.5 Å². The van der Waals surface area contributed by atoms with Crippen molar-refractivity contribution >= 4 is 11.6 Å². The van der Waals surface area contributed by atoms with Gasteiger partial charge >= 0.3 is 6.01 Å². The SMILES string of the molecule is CCOc1ncc(NC(=O)c2cccc(OC)c2)c(OCC)n1. The lowest BCUT2D eigenvalue weighted by atomic mass is 10.2. The van der Waals surface area contributed by atoms with Crippen molar-refractivity contribution in [3.63, 3.8) is 0 Å². The maximum Gasteiger partial charge on any atom is 0.319 e. The number of hydrogen-bond donors (Lipinski definition) is 1. The summed E-state index contributed by atoms with van der Waals surface area (Å²) >= 11 is 0. The second-order valence-electron chi connectivity index (χ2n) is 4.42. The molecule has 0 radical (unpaired) electrons. The maximum absolute atomic E-state index is 12.3. The van der Waals surface area contributed by atoms with Crippen LogP contribution in [0.5, 0.6) is 17.6 Å². The van der Waals surface area contributed by atoms with E-state index in [1.807, 2.05) is 13.8 Å². The molecule has 0 spiro atoms. The van der Waals surface area contributed by atoms with Crippen LogP contribution in [0, 0.1) is 0 Å². The Morgan fingerprint density at radius 1 is 1.22 bits per heavy atom. The molecule has 2 rings (SSSR count). The van der Waals surface area contributed by atoms with E-state index >= 15 is 0 Å². The number of anilines is 1. The fraction of sp³-hybridized carbons (Fsp3) is 0.312. The lowest BCUT2D eigenvalue weighted by Crippen LogP contribution is -2.14. The molecule has 7 heteroatoms. The largest absolute Gasteiger partial charge is 0.497 e. The number of aromatic nitrogens is 2. The van der Waals surface area contributed by atoms with Gasteiger partial charge < -0.3 is 19.5 Å². The fourth-order valence-electron chi connectivity index (χ4n) is 1.84. The lowest BCUT2D eigenvalue weighted by molar-refractivity contribution is 0.102. The molecular weight excluding hydrogens is 298 g/mol. The van der Waals surface area contributed by atoms with E-state index in [4.69, 9.17) is 14.2 Å². The third kappa shape index (κ3) is 4.32. The molecule has 0 saturated carbocycles. The summed E-state index contributed by atoms with van der Waals surface area (Å²) in [5.74, 6) is 0.561. The van der Waals surface area contributed by atoms with Crippen LogP contribution in [0.2, 0.25) is 0 Å². The number of nitrogens with zero attached hydrogens (tertiary/aromatic N) is 2. The Balaban J connectivity index is 2.22. The van der Waals surface area contributed by atoms with Crippen molar-refractivity contribution < 1.29 is 19.0 Å². The Morgan fingerprint density at radius 3 is 2.70 bits per heavy atom. The third-order valence-corrected chi connectivity index (χ3v) is 2.87. The first-order valence-corrected chi connectivity index (χ1v) is 7.26. The van der Waals surface area contributed by atoms with E-state index in [1.165, 1.54) is 6.20 Å². The van der Waals surface area contributed by atoms with E-state index in [0.717, 1.165) is 0 Å². The van der Waals surface area contributed by atoms with Gasteiger partial charge in [-0.2, -0.15) is 4.98 Å². The van der Waals surface area contributed by atoms with Crippen LogP contribution in [0.4, 0.5) is 5.69 Å². The highest BCUT2D eigenvalue weighted by Gasteiger charge is 2.14. The molecule has 1 aromatic carbocycles. The molecule has 0 aliphatic carbocycles. The normalized spacial score (nSPS) is 10.0. The molecule has 0 atom stereocenters. The van der Waals surface area contributed by atoms with Crippen LogP contribution in [0.25, 0.3) is 0 Å². The number of carbonyl (C=O) groups excluding carboxylic acids is 1. The molecule has 122 valence electrons. The molecule has 0 bridgehead atoms. The van der Waals surface area contributed by atoms with Crippen LogP contribution >= 0.6 is 0 Å². The second kappa shape index (κ2) is 7.98. The number of rotatable bonds is 7. The highest BCUT2D eigenvalue weighted by Crippen LogP contribution is 2.24. The van der Waals surface area contributed by atoms with Crippen LogP contribution in [0.15, 0.2) is 30.5 Å². The number of carbonyl (C=O) groups is 1. The maximum atomic E-state index is 12.3. The Bertz CT molecular complexity index is 676. The minimum absolute atomic E-state index is 0.204. The second-order valence-corrected chi connectivity index (χ2v) is 4.42. The van der Waals surface area contributed by atoms with Crippen LogP contribution < -0.4 is 19.5 Å². The number of hydrogen-bond acceptors (Lipinski definition) is 6. The van der Waals surface area contributed by atoms with E-state index in [0.29, 0.717) is 30.2 Å². The van der Waals surface area contributed by atoms with Gasteiger partial charge in [-0.3, -0.25) is 4.79 Å². The van der Waals surface area contributed by atoms with Gasteiger partial charge in [-0.25, -0.2) is 4.98 Å². The summed E-state index contributed by atoms with van der Waals surface area (Å²) in [6.07, 6.45) is 1.46. The molecule has 0 saturated heterocycles. The van der Waals surface area contributed by atoms with Gasteiger partial charge in [-0.05, 0) is 32.0 Å². The number of amides is 1. The number of ether oxygens (including phenoxy) is 3. The van der Waals surface area contributed by atoms with Gasteiger partial charge in [-0.1, -0.05) is 6.07 Å². The van der Waals surface area contributed by atoms with Crippen LogP contribution in [0.3, 0.4) is 0 Å². The van der Waals surface area contributed by atoms with Crippen LogP contribution in [-0.4, -0.2) is 36.2 Å². The zero-order chi connectivity index (χ0) is 16.7. The molecule has 0 aliphatic heterocycles. The van der Waals surface area contributed by atoms with Crippen molar-refractivity contribution in [1.82, 2.24) is 9.97 Å². The van der Waals surface area contributed by atoms with Gasteiger partial charge in [0.25, 0.3) is 5.91 Å². The first-order valence-electron chi connectivity index (χ1n) is 7.26. The topological polar surface area (TPSA) is 82.6 Å². The molecule has 2 aromatic rings. The van der Waals surface area contributed by atoms with E-state index in [1.54, 1.807) is 31.4 Å². The molecule has 23 heavy (non-hydrogen) atoms. The minimum atomic E-state index is -0.308. The van der Waals surface area contributed by atoms with Gasteiger partial charge in [0.1, 0.15) is 11.4 Å². The molecule has 7 nitrogen and oxygen atoms in total. The summed E-state index contributed by atoms with van der Waals surface area (Å²) in [6.45, 7) is 4.52. The average Bonchev–Trinajstić information content (AvgIpc) is 2.57. The monoisotopic (exact) mass is 317 g/mol. The Morgan fingerprint density at radius 2 is 2.00 bits per heavy atom. The summed E-state index contributed by atoms with van der Waals surface area (Å²) in [4.78, 5) is 20.5. The van der Waals surface area contributed by atoms with Crippen molar-refractivity contribution in [2.75, 3.05) is 25.6 Å². The van der Waals surface area contributed by atoms with Gasteiger partial charge in [0.2, 0.25) is 5.88 Å². The molecular formula is C16H19N3O4. The minimum Gasteiger partial charge on any atom is -0.497 e. The zero-order valence-electron chi connectivity index (χ0n) is 13.3. The molecule has 0 unspecified atom stereocenters. The van der Waals surface area contributed by atoms with Crippen LogP contribution in [0.1, 0.15) is 24.2 Å². The molecule has 1 aromatic heterocycles. The summed E-state index contributed by atoms with van der Waals surface area (Å²) in [6, 6.07) is 7.04. The van der Waals surface area contributed by atoms with Crippen molar-refractivity contribution in [2.45, 2.75) is 13.8 Å². The average molecular weight is 317 g/mol. The standard InChI is InChI=1S/C16H19N3O4/c1-4-22-15-13(10-17-16(19-15)23-5-2)18-14(20)11-7-6-8-12(9-11)21-3/h6-10H,4-5H2,1-3H3,(H,18,20). The summed E-state index contributed by atoms with van der Waals surface area (Å²) in [7, 11) is 1.55. The Labute approximate surface area is 134 Å². The van der Waals surface area contributed by atoms with Gasteiger partial charge in [-0.15, -0.1) is 0 Å². The van der Waals surface area contributed by atoms with E-state index in [-0.39, 0.29) is 17.8 Å². The van der Waals surface area contributed by atoms with E-state index in [9.17, 15) is 4.79 Å². The smallest absolute Gasteiger partial charge is 0.319 e. The molecule has 1 heterocycles. The number of benzene rings is 1. The Kier molecular flexibility index (Phi) is 5.74. The van der Waals surface area contributed by atoms with Crippen molar-refractivity contribution in [2.24, 2.45) is 0 Å². The summed E-state index contributed by atoms with van der Waals surface area (Å²) < 4.78 is 15.8. The van der Waals surface area contributed by atoms with Crippen molar-refractivity contribution in [1.29, 1.82) is 0 Å². The number of methoxy groups -OCH3 is 1. The van der Waals surface area contributed by atoms with Crippen LogP contribution in [-0.2, 0) is 0 Å². The summed E-state index contributed by atoms with van der Waals surface area (Å²) in [5, 5.41) is 2.73. The van der Waals surface area contributed by atoms with Crippen molar-refractivity contribution in [3.8, 4) is 17.6 Å². The molecule has 1 N–H and O–H groups in total. The molecule has 1 amide bonds. The Hall–Kier alpha value is -2.83. The zero-order valence-corrected chi connectivity index (χ0v) is 13.3.